The van der Waals surface area contributed by atoms with Crippen LogP contribution in [0.1, 0.15) is 60.3 Å². The highest BCUT2D eigenvalue weighted by Gasteiger charge is 2.45. The van der Waals surface area contributed by atoms with E-state index in [1.54, 1.807) is 20.8 Å². The van der Waals surface area contributed by atoms with Crippen molar-refractivity contribution >= 4 is 23.7 Å². The van der Waals surface area contributed by atoms with Crippen LogP contribution in [0.4, 0.5) is 4.79 Å². The molecule has 0 spiro atoms. The van der Waals surface area contributed by atoms with Gasteiger partial charge < -0.3 is 14.8 Å². The quantitative estimate of drug-likeness (QED) is 0.627. The van der Waals surface area contributed by atoms with Gasteiger partial charge in [-0.3, -0.25) is 0 Å². The highest BCUT2D eigenvalue weighted by atomic mass is 35.5. The zero-order chi connectivity index (χ0) is 17.0. The number of esters is 1. The Kier molecular flexibility index (Phi) is 6.53. The van der Waals surface area contributed by atoms with Crippen molar-refractivity contribution in [1.82, 2.24) is 5.32 Å². The first kappa shape index (κ1) is 19.1. The van der Waals surface area contributed by atoms with Crippen LogP contribution in [-0.4, -0.2) is 29.3 Å². The van der Waals surface area contributed by atoms with Crippen LogP contribution in [0, 0.1) is 11.8 Å². The molecule has 128 valence electrons. The van der Waals surface area contributed by atoms with Crippen LogP contribution in [0.25, 0.3) is 0 Å². The summed E-state index contributed by atoms with van der Waals surface area (Å²) in [5, 5.41) is 2.74. The first-order chi connectivity index (χ1) is 10.1. The summed E-state index contributed by atoms with van der Waals surface area (Å²) >= 11 is 5.51. The number of alkyl carbamates (subject to hydrolysis) is 1. The van der Waals surface area contributed by atoms with Crippen molar-refractivity contribution in [2.75, 3.05) is 6.07 Å². The van der Waals surface area contributed by atoms with Crippen molar-refractivity contribution in [2.24, 2.45) is 11.8 Å². The van der Waals surface area contributed by atoms with Crippen LogP contribution in [-0.2, 0) is 14.3 Å². The van der Waals surface area contributed by atoms with Crippen LogP contribution in [0.2, 0.25) is 0 Å². The topological polar surface area (TPSA) is 64.6 Å². The second-order valence-electron chi connectivity index (χ2n) is 7.33. The van der Waals surface area contributed by atoms with E-state index >= 15 is 0 Å². The lowest BCUT2D eigenvalue weighted by molar-refractivity contribution is -0.151. The van der Waals surface area contributed by atoms with Gasteiger partial charge in [0.1, 0.15) is 11.1 Å². The lowest BCUT2D eigenvalue weighted by atomic mass is 9.73. The molecule has 0 aromatic rings. The molecule has 0 aromatic heterocycles. The zero-order valence-electron chi connectivity index (χ0n) is 14.2. The lowest BCUT2D eigenvalue weighted by Gasteiger charge is -2.39. The van der Waals surface area contributed by atoms with Crippen molar-refractivity contribution in [3.63, 3.8) is 0 Å². The summed E-state index contributed by atoms with van der Waals surface area (Å²) < 4.78 is 10.2. The van der Waals surface area contributed by atoms with Gasteiger partial charge in [-0.15, -0.1) is 0 Å². The minimum Gasteiger partial charge on any atom is -0.448 e. The Bertz CT molecular complexity index is 395. The second kappa shape index (κ2) is 7.53. The van der Waals surface area contributed by atoms with E-state index in [0.29, 0.717) is 24.7 Å². The fourth-order valence-electron chi connectivity index (χ4n) is 2.87. The van der Waals surface area contributed by atoms with E-state index in [9.17, 15) is 9.59 Å². The molecule has 0 atom stereocenters. The fourth-order valence-corrected chi connectivity index (χ4v) is 2.97. The minimum absolute atomic E-state index is 0.218. The number of halogens is 1. The first-order valence-electron chi connectivity index (χ1n) is 7.84. The molecule has 1 N–H and O–H groups in total. The Morgan fingerprint density at radius 3 is 2.23 bits per heavy atom. The molecular formula is C16H28ClNO4. The normalized spacial score (nSPS) is 25.7. The number of hydrogen-bond donors (Lipinski definition) is 1. The molecule has 1 saturated carbocycles. The fraction of sp³-hybridized carbons (Fsp3) is 0.875. The van der Waals surface area contributed by atoms with E-state index in [1.165, 1.54) is 0 Å². The smallest absolute Gasteiger partial charge is 0.408 e. The minimum atomic E-state index is -1.03. The molecular weight excluding hydrogens is 306 g/mol. The van der Waals surface area contributed by atoms with Gasteiger partial charge in [-0.1, -0.05) is 25.4 Å². The summed E-state index contributed by atoms with van der Waals surface area (Å²) in [5.41, 5.74) is -1.64. The molecule has 6 heteroatoms. The molecule has 0 heterocycles. The second-order valence-corrected chi connectivity index (χ2v) is 7.55. The predicted octanol–water partition coefficient (Wildman–Crippen LogP) is 3.84. The number of carbonyl (C=O) groups excluding carboxylic acids is 2. The third-order valence-corrected chi connectivity index (χ3v) is 4.25. The van der Waals surface area contributed by atoms with Crippen molar-refractivity contribution in [3.8, 4) is 0 Å². The van der Waals surface area contributed by atoms with Crippen LogP contribution >= 0.6 is 11.6 Å². The van der Waals surface area contributed by atoms with Crippen molar-refractivity contribution < 1.29 is 19.1 Å². The molecule has 0 bridgehead atoms. The summed E-state index contributed by atoms with van der Waals surface area (Å²) in [5.74, 6) is 0.636. The maximum Gasteiger partial charge on any atom is 0.408 e. The van der Waals surface area contributed by atoms with Crippen LogP contribution in [0.15, 0.2) is 0 Å². The highest BCUT2D eigenvalue weighted by molar-refractivity contribution is 6.17. The number of ether oxygens (including phenoxy) is 2. The number of nitrogens with one attached hydrogen (secondary N) is 1. The predicted molar refractivity (Wildman–Crippen MR) is 85.7 cm³/mol. The Balaban J connectivity index is 2.81. The maximum atomic E-state index is 12.3. The molecule has 0 radical (unpaired) electrons. The van der Waals surface area contributed by atoms with Gasteiger partial charge in [0, 0.05) is 0 Å². The molecule has 1 fully saturated rings. The van der Waals surface area contributed by atoms with Gasteiger partial charge in [0.25, 0.3) is 0 Å². The summed E-state index contributed by atoms with van der Waals surface area (Å²) in [7, 11) is 0. The van der Waals surface area contributed by atoms with Gasteiger partial charge >= 0.3 is 12.1 Å². The number of carbonyl (C=O) groups is 2. The average Bonchev–Trinajstić information content (AvgIpc) is 2.37. The Morgan fingerprint density at radius 1 is 1.27 bits per heavy atom. The standard InChI is InChI=1S/C16H28ClNO4/c1-11(2)12-6-8-16(9-7-12,13(19)21-10-17)18-14(20)22-15(3,4)5/h11-12H,6-10H2,1-5H3,(H,18,20). The number of hydrogen-bond acceptors (Lipinski definition) is 4. The van der Waals surface area contributed by atoms with Gasteiger partial charge in [0.05, 0.1) is 0 Å². The number of rotatable bonds is 4. The summed E-state index contributed by atoms with van der Waals surface area (Å²) in [6.45, 7) is 9.70. The van der Waals surface area contributed by atoms with Crippen LogP contribution < -0.4 is 5.32 Å². The Hall–Kier alpha value is -0.970. The zero-order valence-corrected chi connectivity index (χ0v) is 15.0. The van der Waals surface area contributed by atoms with Gasteiger partial charge in [-0.25, -0.2) is 9.59 Å². The van der Waals surface area contributed by atoms with Crippen molar-refractivity contribution in [3.05, 3.63) is 0 Å². The van der Waals surface area contributed by atoms with E-state index in [0.717, 1.165) is 12.8 Å². The molecule has 5 nitrogen and oxygen atoms in total. The third-order valence-electron chi connectivity index (χ3n) is 4.14. The third kappa shape index (κ3) is 5.34. The molecule has 0 saturated heterocycles. The monoisotopic (exact) mass is 333 g/mol. The SMILES string of the molecule is CC(C)C1CCC(NC(=O)OC(C)(C)C)(C(=O)OCCl)CC1. The number of alkyl halides is 1. The van der Waals surface area contributed by atoms with Crippen molar-refractivity contribution in [2.45, 2.75) is 71.4 Å². The molecule has 0 aromatic carbocycles. The molecule has 1 rings (SSSR count). The van der Waals surface area contributed by atoms with Crippen molar-refractivity contribution in [1.29, 1.82) is 0 Å². The van der Waals surface area contributed by atoms with E-state index in [1.807, 2.05) is 0 Å². The molecule has 0 unspecified atom stereocenters. The highest BCUT2D eigenvalue weighted by Crippen LogP contribution is 2.37. The van der Waals surface area contributed by atoms with Crippen LogP contribution in [0.5, 0.6) is 0 Å². The van der Waals surface area contributed by atoms with Crippen LogP contribution in [0.3, 0.4) is 0 Å². The average molecular weight is 334 g/mol. The van der Waals surface area contributed by atoms with E-state index in [2.05, 4.69) is 19.2 Å². The molecule has 1 aliphatic rings. The van der Waals surface area contributed by atoms with Gasteiger partial charge in [-0.2, -0.15) is 0 Å². The summed E-state index contributed by atoms with van der Waals surface area (Å²) in [4.78, 5) is 24.4. The van der Waals surface area contributed by atoms with Gasteiger partial charge in [-0.05, 0) is 58.3 Å². The molecule has 1 aliphatic carbocycles. The molecule has 1 amide bonds. The van der Waals surface area contributed by atoms with E-state index in [4.69, 9.17) is 21.1 Å². The van der Waals surface area contributed by atoms with Gasteiger partial charge in [0.15, 0.2) is 6.07 Å². The molecule has 0 aliphatic heterocycles. The maximum absolute atomic E-state index is 12.3. The summed E-state index contributed by atoms with van der Waals surface area (Å²) in [6, 6.07) is -0.218. The number of amides is 1. The largest absolute Gasteiger partial charge is 0.448 e. The Morgan fingerprint density at radius 2 is 1.82 bits per heavy atom. The lowest BCUT2D eigenvalue weighted by Crippen LogP contribution is -2.58. The van der Waals surface area contributed by atoms with Gasteiger partial charge in [0.2, 0.25) is 0 Å². The Labute approximate surface area is 138 Å². The van der Waals surface area contributed by atoms with E-state index < -0.39 is 23.2 Å². The summed E-state index contributed by atoms with van der Waals surface area (Å²) in [6.07, 6.45) is 2.23. The molecule has 22 heavy (non-hydrogen) atoms. The first-order valence-corrected chi connectivity index (χ1v) is 8.37. The van der Waals surface area contributed by atoms with E-state index in [-0.39, 0.29) is 6.07 Å².